The summed E-state index contributed by atoms with van der Waals surface area (Å²) in [7, 11) is 1.67. The highest BCUT2D eigenvalue weighted by molar-refractivity contribution is 7.14. The van der Waals surface area contributed by atoms with Crippen LogP contribution in [-0.2, 0) is 4.79 Å². The second kappa shape index (κ2) is 11.5. The quantitative estimate of drug-likeness (QED) is 0.503. The minimum absolute atomic E-state index is 0.153. The van der Waals surface area contributed by atoms with Gasteiger partial charge in [0.2, 0.25) is 5.91 Å². The van der Waals surface area contributed by atoms with Gasteiger partial charge in [0.25, 0.3) is 0 Å². The molecule has 0 unspecified atom stereocenters. The summed E-state index contributed by atoms with van der Waals surface area (Å²) in [6, 6.07) is 7.93. The normalized spacial score (nSPS) is 14.8. The van der Waals surface area contributed by atoms with Gasteiger partial charge in [0, 0.05) is 23.4 Å². The van der Waals surface area contributed by atoms with Gasteiger partial charge in [-0.15, -0.1) is 11.3 Å². The van der Waals surface area contributed by atoms with Crippen LogP contribution in [0.4, 0.5) is 5.13 Å². The molecule has 1 amide bonds. The summed E-state index contributed by atoms with van der Waals surface area (Å²) in [5.74, 6) is 1.25. The summed E-state index contributed by atoms with van der Waals surface area (Å²) in [6.07, 6.45) is 6.59. The average Bonchev–Trinajstić information content (AvgIpc) is 3.29. The zero-order valence-corrected chi connectivity index (χ0v) is 19.4. The maximum atomic E-state index is 13.4. The Morgan fingerprint density at radius 2 is 1.80 bits per heavy atom. The molecule has 0 saturated heterocycles. The molecular weight excluding hydrogens is 394 g/mol. The number of methoxy groups -OCH3 is 1. The first kappa shape index (κ1) is 22.8. The van der Waals surface area contributed by atoms with E-state index in [0.29, 0.717) is 0 Å². The van der Waals surface area contributed by atoms with E-state index in [4.69, 9.17) is 9.72 Å². The third-order valence-corrected chi connectivity index (χ3v) is 6.94. The molecule has 0 aliphatic heterocycles. The van der Waals surface area contributed by atoms with Gasteiger partial charge in [0.05, 0.1) is 12.8 Å². The maximum absolute atomic E-state index is 13.4. The van der Waals surface area contributed by atoms with Crippen molar-refractivity contribution < 1.29 is 9.53 Å². The van der Waals surface area contributed by atoms with Gasteiger partial charge in [-0.25, -0.2) is 4.98 Å². The van der Waals surface area contributed by atoms with E-state index in [1.807, 2.05) is 29.2 Å². The molecule has 2 aromatic rings. The maximum Gasteiger partial charge on any atom is 0.231 e. The van der Waals surface area contributed by atoms with Gasteiger partial charge in [-0.1, -0.05) is 33.1 Å². The number of carbonyl (C=O) groups is 1. The van der Waals surface area contributed by atoms with Gasteiger partial charge in [0.1, 0.15) is 5.75 Å². The van der Waals surface area contributed by atoms with Crippen molar-refractivity contribution in [1.29, 1.82) is 0 Å². The van der Waals surface area contributed by atoms with Crippen molar-refractivity contribution in [3.05, 3.63) is 29.6 Å². The van der Waals surface area contributed by atoms with E-state index < -0.39 is 0 Å². The van der Waals surface area contributed by atoms with Crippen LogP contribution in [0.15, 0.2) is 29.6 Å². The van der Waals surface area contributed by atoms with Gasteiger partial charge in [-0.2, -0.15) is 0 Å². The van der Waals surface area contributed by atoms with Crippen LogP contribution in [0.5, 0.6) is 5.75 Å². The monoisotopic (exact) mass is 429 g/mol. The Kier molecular flexibility index (Phi) is 8.70. The summed E-state index contributed by atoms with van der Waals surface area (Å²) in [4.78, 5) is 22.6. The first-order valence-electron chi connectivity index (χ1n) is 11.3. The fraction of sp³-hybridized carbons (Fsp3) is 0.583. The zero-order valence-electron chi connectivity index (χ0n) is 18.6. The van der Waals surface area contributed by atoms with Crippen molar-refractivity contribution in [3.63, 3.8) is 0 Å². The molecule has 6 heteroatoms. The van der Waals surface area contributed by atoms with Gasteiger partial charge in [-0.3, -0.25) is 9.69 Å². The molecule has 5 nitrogen and oxygen atoms in total. The predicted molar refractivity (Wildman–Crippen MR) is 125 cm³/mol. The Morgan fingerprint density at radius 1 is 1.10 bits per heavy atom. The van der Waals surface area contributed by atoms with Crippen molar-refractivity contribution >= 4 is 22.4 Å². The second-order valence-electron chi connectivity index (χ2n) is 7.95. The standard InChI is InChI=1S/C24H35N3O2S/c1-4-26(5-2)16-9-17-27(23(28)20-10-7-6-8-11-20)24-25-22(18-30-24)19-12-14-21(29-3)15-13-19/h12-15,18,20H,4-11,16-17H2,1-3H3. The molecule has 0 atom stereocenters. The average molecular weight is 430 g/mol. The first-order valence-corrected chi connectivity index (χ1v) is 12.2. The van der Waals surface area contributed by atoms with Crippen LogP contribution in [0.2, 0.25) is 0 Å². The number of anilines is 1. The third kappa shape index (κ3) is 5.82. The van der Waals surface area contributed by atoms with Crippen LogP contribution in [0.1, 0.15) is 52.4 Å². The predicted octanol–water partition coefficient (Wildman–Crippen LogP) is 5.46. The minimum Gasteiger partial charge on any atom is -0.497 e. The summed E-state index contributed by atoms with van der Waals surface area (Å²) in [6.45, 7) is 8.23. The van der Waals surface area contributed by atoms with Gasteiger partial charge in [-0.05, 0) is 63.2 Å². The van der Waals surface area contributed by atoms with Gasteiger partial charge >= 0.3 is 0 Å². The number of thiazole rings is 1. The van der Waals surface area contributed by atoms with Crippen LogP contribution < -0.4 is 9.64 Å². The lowest BCUT2D eigenvalue weighted by Gasteiger charge is -2.28. The van der Waals surface area contributed by atoms with E-state index in [9.17, 15) is 4.79 Å². The molecule has 0 N–H and O–H groups in total. The number of benzene rings is 1. The molecule has 30 heavy (non-hydrogen) atoms. The fourth-order valence-corrected chi connectivity index (χ4v) is 5.01. The minimum atomic E-state index is 0.153. The van der Waals surface area contributed by atoms with E-state index in [0.717, 1.165) is 67.6 Å². The highest BCUT2D eigenvalue weighted by Crippen LogP contribution is 2.32. The molecule has 1 aliphatic rings. The zero-order chi connectivity index (χ0) is 21.3. The Morgan fingerprint density at radius 3 is 2.43 bits per heavy atom. The van der Waals surface area contributed by atoms with Crippen molar-refractivity contribution in [2.24, 2.45) is 5.92 Å². The molecule has 0 radical (unpaired) electrons. The highest BCUT2D eigenvalue weighted by atomic mass is 32.1. The second-order valence-corrected chi connectivity index (χ2v) is 8.79. The third-order valence-electron chi connectivity index (χ3n) is 6.08. The van der Waals surface area contributed by atoms with E-state index in [2.05, 4.69) is 24.1 Å². The first-order chi connectivity index (χ1) is 14.7. The summed E-state index contributed by atoms with van der Waals surface area (Å²) in [5.41, 5.74) is 1.97. The molecule has 3 rings (SSSR count). The molecule has 1 fully saturated rings. The van der Waals surface area contributed by atoms with Crippen LogP contribution in [-0.4, -0.2) is 49.1 Å². The lowest BCUT2D eigenvalue weighted by Crippen LogP contribution is -2.39. The number of hydrogen-bond acceptors (Lipinski definition) is 5. The SMILES string of the molecule is CCN(CC)CCCN(C(=O)C1CCCCC1)c1nc(-c2ccc(OC)cc2)cs1. The van der Waals surface area contributed by atoms with Crippen LogP contribution in [0.3, 0.4) is 0 Å². The molecule has 1 saturated carbocycles. The largest absolute Gasteiger partial charge is 0.497 e. The van der Waals surface area contributed by atoms with Crippen LogP contribution in [0, 0.1) is 5.92 Å². The van der Waals surface area contributed by atoms with E-state index in [-0.39, 0.29) is 11.8 Å². The lowest BCUT2D eigenvalue weighted by atomic mass is 9.88. The number of hydrogen-bond donors (Lipinski definition) is 0. The molecule has 164 valence electrons. The highest BCUT2D eigenvalue weighted by Gasteiger charge is 2.28. The molecule has 1 heterocycles. The van der Waals surface area contributed by atoms with Crippen LogP contribution >= 0.6 is 11.3 Å². The number of rotatable bonds is 10. The van der Waals surface area contributed by atoms with Crippen molar-refractivity contribution in [2.75, 3.05) is 38.2 Å². The Labute approximate surface area is 185 Å². The van der Waals surface area contributed by atoms with E-state index in [1.54, 1.807) is 18.4 Å². The summed E-state index contributed by atoms with van der Waals surface area (Å²) < 4.78 is 5.25. The number of carbonyl (C=O) groups excluding carboxylic acids is 1. The molecular formula is C24H35N3O2S. The number of nitrogens with zero attached hydrogens (tertiary/aromatic N) is 3. The van der Waals surface area contributed by atoms with Gasteiger partial charge < -0.3 is 9.64 Å². The van der Waals surface area contributed by atoms with E-state index in [1.165, 1.54) is 19.3 Å². The van der Waals surface area contributed by atoms with Gasteiger partial charge in [0.15, 0.2) is 5.13 Å². The fourth-order valence-electron chi connectivity index (χ4n) is 4.14. The van der Waals surface area contributed by atoms with E-state index >= 15 is 0 Å². The Hall–Kier alpha value is -1.92. The number of amides is 1. The molecule has 1 aromatic heterocycles. The topological polar surface area (TPSA) is 45.7 Å². The smallest absolute Gasteiger partial charge is 0.231 e. The number of aromatic nitrogens is 1. The molecule has 0 spiro atoms. The number of ether oxygens (including phenoxy) is 1. The van der Waals surface area contributed by atoms with Crippen molar-refractivity contribution in [1.82, 2.24) is 9.88 Å². The summed E-state index contributed by atoms with van der Waals surface area (Å²) >= 11 is 1.57. The van der Waals surface area contributed by atoms with Crippen molar-refractivity contribution in [3.8, 4) is 17.0 Å². The Bertz CT molecular complexity index is 780. The van der Waals surface area contributed by atoms with Crippen LogP contribution in [0.25, 0.3) is 11.3 Å². The van der Waals surface area contributed by atoms with Crippen molar-refractivity contribution in [2.45, 2.75) is 52.4 Å². The summed E-state index contributed by atoms with van der Waals surface area (Å²) in [5, 5.41) is 2.89. The lowest BCUT2D eigenvalue weighted by molar-refractivity contribution is -0.123. The molecule has 0 bridgehead atoms. The molecule has 1 aromatic carbocycles. The molecule has 1 aliphatic carbocycles. The Balaban J connectivity index is 1.76.